The first-order valence-electron chi connectivity index (χ1n) is 5.84. The van der Waals surface area contributed by atoms with Crippen molar-refractivity contribution in [3.05, 3.63) is 22.4 Å². The van der Waals surface area contributed by atoms with E-state index in [-0.39, 0.29) is 17.9 Å². The van der Waals surface area contributed by atoms with E-state index in [1.807, 2.05) is 13.2 Å². The number of aryl methyl sites for hydroxylation is 1. The number of hydrogen-bond donors (Lipinski definition) is 1. The smallest absolute Gasteiger partial charge is 0.268 e. The number of carbonyl (C=O) groups is 2. The second kappa shape index (κ2) is 5.14. The molecule has 1 aromatic rings. The van der Waals surface area contributed by atoms with Gasteiger partial charge in [-0.05, 0) is 28.4 Å². The van der Waals surface area contributed by atoms with Gasteiger partial charge in [0.2, 0.25) is 5.91 Å². The first kappa shape index (κ1) is 13.1. The Morgan fingerprint density at radius 1 is 1.50 bits per heavy atom. The Bertz CT molecular complexity index is 484. The van der Waals surface area contributed by atoms with Crippen LogP contribution in [0, 0.1) is 0 Å². The van der Waals surface area contributed by atoms with Gasteiger partial charge in [-0.3, -0.25) is 9.59 Å². The maximum atomic E-state index is 12.1. The number of carbonyl (C=O) groups excluding carboxylic acids is 2. The van der Waals surface area contributed by atoms with Gasteiger partial charge in [-0.15, -0.1) is 0 Å². The van der Waals surface area contributed by atoms with E-state index in [1.165, 1.54) is 0 Å². The normalized spacial score (nSPS) is 20.1. The largest absolute Gasteiger partial charge is 0.346 e. The number of hydrogen-bond acceptors (Lipinski definition) is 2. The Morgan fingerprint density at radius 2 is 2.22 bits per heavy atom. The lowest BCUT2D eigenvalue weighted by Crippen LogP contribution is -2.48. The molecule has 1 atom stereocenters. The van der Waals surface area contributed by atoms with Crippen molar-refractivity contribution in [2.75, 3.05) is 13.6 Å². The SMILES string of the molecule is CN1CC(NC(=O)c2cc(Br)cn2C)CCC1=O. The van der Waals surface area contributed by atoms with Crippen LogP contribution < -0.4 is 5.32 Å². The molecule has 0 bridgehead atoms. The molecular formula is C12H16BrN3O2. The van der Waals surface area contributed by atoms with Gasteiger partial charge in [0.1, 0.15) is 5.69 Å². The Balaban J connectivity index is 2.00. The summed E-state index contributed by atoms with van der Waals surface area (Å²) >= 11 is 3.34. The minimum Gasteiger partial charge on any atom is -0.346 e. The zero-order valence-electron chi connectivity index (χ0n) is 10.4. The Hall–Kier alpha value is -1.30. The molecule has 1 aliphatic rings. The summed E-state index contributed by atoms with van der Waals surface area (Å²) in [4.78, 5) is 25.1. The Morgan fingerprint density at radius 3 is 2.78 bits per heavy atom. The number of rotatable bonds is 2. The van der Waals surface area contributed by atoms with E-state index >= 15 is 0 Å². The molecule has 1 fully saturated rings. The fourth-order valence-corrected chi connectivity index (χ4v) is 2.66. The number of piperidine rings is 1. The molecule has 2 amide bonds. The summed E-state index contributed by atoms with van der Waals surface area (Å²) in [6.45, 7) is 0.580. The van der Waals surface area contributed by atoms with Crippen molar-refractivity contribution in [1.29, 1.82) is 0 Å². The fraction of sp³-hybridized carbons (Fsp3) is 0.500. The summed E-state index contributed by atoms with van der Waals surface area (Å²) in [5.74, 6) is 0.0399. The molecule has 1 N–H and O–H groups in total. The average Bonchev–Trinajstić information content (AvgIpc) is 2.63. The third kappa shape index (κ3) is 2.75. The van der Waals surface area contributed by atoms with Gasteiger partial charge in [0.25, 0.3) is 5.91 Å². The van der Waals surface area contributed by atoms with Gasteiger partial charge in [0, 0.05) is 43.8 Å². The molecule has 0 radical (unpaired) electrons. The van der Waals surface area contributed by atoms with Crippen LogP contribution in [0.15, 0.2) is 16.7 Å². The number of likely N-dealkylation sites (N-methyl/N-ethyl adjacent to an activating group) is 1. The summed E-state index contributed by atoms with van der Waals surface area (Å²) in [7, 11) is 3.59. The molecule has 2 rings (SSSR count). The third-order valence-electron chi connectivity index (χ3n) is 3.17. The van der Waals surface area contributed by atoms with Crippen molar-refractivity contribution in [1.82, 2.24) is 14.8 Å². The van der Waals surface area contributed by atoms with Crippen LogP contribution >= 0.6 is 15.9 Å². The van der Waals surface area contributed by atoms with E-state index in [1.54, 1.807) is 22.6 Å². The van der Waals surface area contributed by atoms with E-state index in [4.69, 9.17) is 0 Å². The number of aromatic nitrogens is 1. The van der Waals surface area contributed by atoms with Gasteiger partial charge in [0.15, 0.2) is 0 Å². The minimum atomic E-state index is -0.101. The second-order valence-electron chi connectivity index (χ2n) is 4.64. The maximum absolute atomic E-state index is 12.1. The lowest BCUT2D eigenvalue weighted by Gasteiger charge is -2.30. The molecule has 1 aliphatic heterocycles. The zero-order valence-corrected chi connectivity index (χ0v) is 12.0. The number of nitrogens with one attached hydrogen (secondary N) is 1. The molecular weight excluding hydrogens is 298 g/mol. The van der Waals surface area contributed by atoms with Crippen molar-refractivity contribution < 1.29 is 9.59 Å². The van der Waals surface area contributed by atoms with Crippen molar-refractivity contribution in [2.45, 2.75) is 18.9 Å². The standard InChI is InChI=1S/C12H16BrN3O2/c1-15-6-8(13)5-10(15)12(18)14-9-3-4-11(17)16(2)7-9/h5-6,9H,3-4,7H2,1-2H3,(H,14,18). The topological polar surface area (TPSA) is 54.3 Å². The molecule has 1 saturated heterocycles. The van der Waals surface area contributed by atoms with Crippen LogP contribution in [-0.2, 0) is 11.8 Å². The molecule has 0 spiro atoms. The quantitative estimate of drug-likeness (QED) is 0.890. The maximum Gasteiger partial charge on any atom is 0.268 e. The van der Waals surface area contributed by atoms with Gasteiger partial charge < -0.3 is 14.8 Å². The highest BCUT2D eigenvalue weighted by molar-refractivity contribution is 9.10. The summed E-state index contributed by atoms with van der Waals surface area (Å²) in [6, 6.07) is 1.82. The van der Waals surface area contributed by atoms with E-state index in [9.17, 15) is 9.59 Å². The summed E-state index contributed by atoms with van der Waals surface area (Å²) in [5.41, 5.74) is 0.612. The zero-order chi connectivity index (χ0) is 13.3. The van der Waals surface area contributed by atoms with Crippen molar-refractivity contribution in [3.8, 4) is 0 Å². The van der Waals surface area contributed by atoms with Crippen LogP contribution in [0.2, 0.25) is 0 Å². The van der Waals surface area contributed by atoms with E-state index in [0.29, 0.717) is 25.1 Å². The molecule has 98 valence electrons. The van der Waals surface area contributed by atoms with Crippen LogP contribution in [0.1, 0.15) is 23.3 Å². The van der Waals surface area contributed by atoms with Crippen LogP contribution in [0.3, 0.4) is 0 Å². The van der Waals surface area contributed by atoms with E-state index < -0.39 is 0 Å². The lowest BCUT2D eigenvalue weighted by molar-refractivity contribution is -0.132. The number of halogens is 1. The molecule has 0 aliphatic carbocycles. The van der Waals surface area contributed by atoms with Gasteiger partial charge in [-0.1, -0.05) is 0 Å². The molecule has 5 nitrogen and oxygen atoms in total. The van der Waals surface area contributed by atoms with Crippen molar-refractivity contribution in [2.24, 2.45) is 7.05 Å². The van der Waals surface area contributed by atoms with Crippen LogP contribution in [-0.4, -0.2) is 40.9 Å². The fourth-order valence-electron chi connectivity index (χ4n) is 2.14. The predicted molar refractivity (Wildman–Crippen MR) is 71.2 cm³/mol. The second-order valence-corrected chi connectivity index (χ2v) is 5.55. The van der Waals surface area contributed by atoms with Gasteiger partial charge in [-0.25, -0.2) is 0 Å². The molecule has 0 aromatic carbocycles. The number of likely N-dealkylation sites (tertiary alicyclic amines) is 1. The third-order valence-corrected chi connectivity index (χ3v) is 3.60. The van der Waals surface area contributed by atoms with Crippen molar-refractivity contribution >= 4 is 27.7 Å². The first-order chi connectivity index (χ1) is 8.47. The molecule has 6 heteroatoms. The monoisotopic (exact) mass is 313 g/mol. The number of amides is 2. The summed E-state index contributed by atoms with van der Waals surface area (Å²) in [6.07, 6.45) is 3.05. The van der Waals surface area contributed by atoms with Gasteiger partial charge >= 0.3 is 0 Å². The van der Waals surface area contributed by atoms with Gasteiger partial charge in [0.05, 0.1) is 0 Å². The van der Waals surface area contributed by atoms with E-state index in [0.717, 1.165) is 4.47 Å². The highest BCUT2D eigenvalue weighted by atomic mass is 79.9. The van der Waals surface area contributed by atoms with Crippen LogP contribution in [0.25, 0.3) is 0 Å². The van der Waals surface area contributed by atoms with Crippen LogP contribution in [0.5, 0.6) is 0 Å². The van der Waals surface area contributed by atoms with Gasteiger partial charge in [-0.2, -0.15) is 0 Å². The molecule has 0 saturated carbocycles. The predicted octanol–water partition coefficient (Wildman–Crippen LogP) is 1.14. The molecule has 1 aromatic heterocycles. The highest BCUT2D eigenvalue weighted by Gasteiger charge is 2.25. The van der Waals surface area contributed by atoms with Crippen molar-refractivity contribution in [3.63, 3.8) is 0 Å². The average molecular weight is 314 g/mol. The van der Waals surface area contributed by atoms with Crippen LogP contribution in [0.4, 0.5) is 0 Å². The Kier molecular flexibility index (Phi) is 3.75. The Labute approximate surface area is 114 Å². The molecule has 18 heavy (non-hydrogen) atoms. The molecule has 2 heterocycles. The molecule has 1 unspecified atom stereocenters. The summed E-state index contributed by atoms with van der Waals surface area (Å²) < 4.78 is 2.66. The lowest BCUT2D eigenvalue weighted by atomic mass is 10.1. The summed E-state index contributed by atoms with van der Waals surface area (Å²) in [5, 5.41) is 2.97. The first-order valence-corrected chi connectivity index (χ1v) is 6.63. The minimum absolute atomic E-state index is 0.0360. The number of nitrogens with zero attached hydrogens (tertiary/aromatic N) is 2. The highest BCUT2D eigenvalue weighted by Crippen LogP contribution is 2.15. The van der Waals surface area contributed by atoms with E-state index in [2.05, 4.69) is 21.2 Å².